The molecule has 0 saturated carbocycles. The van der Waals surface area contributed by atoms with Crippen LogP contribution in [0.5, 0.6) is 0 Å². The van der Waals surface area contributed by atoms with Crippen LogP contribution in [0.15, 0.2) is 24.3 Å². The van der Waals surface area contributed by atoms with E-state index in [4.69, 9.17) is 9.78 Å². The number of alkyl halides is 9. The van der Waals surface area contributed by atoms with Crippen LogP contribution in [-0.2, 0) is 15.2 Å². The van der Waals surface area contributed by atoms with Crippen molar-refractivity contribution in [3.63, 3.8) is 0 Å². The maximum atomic E-state index is 14.2. The molecule has 31 heavy (non-hydrogen) atoms. The van der Waals surface area contributed by atoms with E-state index in [0.717, 1.165) is 5.56 Å². The average molecular weight is 468 g/mol. The van der Waals surface area contributed by atoms with Crippen molar-refractivity contribution in [3.05, 3.63) is 35.4 Å². The van der Waals surface area contributed by atoms with E-state index in [9.17, 15) is 39.5 Å². The van der Waals surface area contributed by atoms with E-state index < -0.39 is 42.1 Å². The molecule has 0 spiro atoms. The first-order chi connectivity index (χ1) is 13.5. The van der Waals surface area contributed by atoms with Crippen molar-refractivity contribution in [2.24, 2.45) is 0 Å². The molecule has 0 aromatic heterocycles. The SMILES string of the molecule is CC(C)(C)OOC(CC(F)(F)C(F)(F)C(F)(F)C(F)(F)F)c1ccc(C(C)(C)C)cc1. The molecule has 0 saturated heterocycles. The topological polar surface area (TPSA) is 18.5 Å². The number of hydrogen-bond donors (Lipinski definition) is 0. The van der Waals surface area contributed by atoms with Crippen molar-refractivity contribution in [1.29, 1.82) is 0 Å². The summed E-state index contributed by atoms with van der Waals surface area (Å²) >= 11 is 0. The van der Waals surface area contributed by atoms with Crippen molar-refractivity contribution in [1.82, 2.24) is 0 Å². The Bertz CT molecular complexity index is 727. The third-order valence-corrected chi connectivity index (χ3v) is 4.21. The van der Waals surface area contributed by atoms with Gasteiger partial charge in [-0.2, -0.15) is 39.5 Å². The molecule has 1 rings (SSSR count). The number of benzene rings is 1. The van der Waals surface area contributed by atoms with E-state index in [0.29, 0.717) is 0 Å². The zero-order valence-electron chi connectivity index (χ0n) is 17.8. The third kappa shape index (κ3) is 6.27. The van der Waals surface area contributed by atoms with Crippen LogP contribution < -0.4 is 0 Å². The molecular formula is C20H25F9O2. The molecular weight excluding hydrogens is 443 g/mol. The van der Waals surface area contributed by atoms with Gasteiger partial charge in [-0.15, -0.1) is 0 Å². The highest BCUT2D eigenvalue weighted by Crippen LogP contribution is 2.55. The minimum atomic E-state index is -6.96. The lowest BCUT2D eigenvalue weighted by Crippen LogP contribution is -2.61. The lowest BCUT2D eigenvalue weighted by molar-refractivity contribution is -0.413. The fourth-order valence-corrected chi connectivity index (χ4v) is 2.38. The Balaban J connectivity index is 3.34. The van der Waals surface area contributed by atoms with E-state index in [1.807, 2.05) is 20.8 Å². The number of halogens is 9. The number of hydrogen-bond acceptors (Lipinski definition) is 2. The van der Waals surface area contributed by atoms with E-state index in [1.54, 1.807) is 0 Å². The molecule has 0 heterocycles. The largest absolute Gasteiger partial charge is 0.460 e. The first-order valence-corrected chi connectivity index (χ1v) is 9.18. The Hall–Kier alpha value is -1.49. The summed E-state index contributed by atoms with van der Waals surface area (Å²) in [6.07, 6.45) is -11.1. The normalized spacial score (nSPS) is 15.8. The van der Waals surface area contributed by atoms with Gasteiger partial charge >= 0.3 is 23.9 Å². The molecule has 2 nitrogen and oxygen atoms in total. The summed E-state index contributed by atoms with van der Waals surface area (Å²) in [6.45, 7) is 9.80. The van der Waals surface area contributed by atoms with Gasteiger partial charge in [-0.3, -0.25) is 0 Å². The summed E-state index contributed by atoms with van der Waals surface area (Å²) in [4.78, 5) is 9.67. The molecule has 0 N–H and O–H groups in total. The molecule has 0 bridgehead atoms. The van der Waals surface area contributed by atoms with Crippen molar-refractivity contribution in [2.45, 2.75) is 89.0 Å². The molecule has 1 aromatic carbocycles. The van der Waals surface area contributed by atoms with Gasteiger partial charge in [0.1, 0.15) is 6.10 Å². The zero-order chi connectivity index (χ0) is 24.7. The smallest absolute Gasteiger partial charge is 0.230 e. The Morgan fingerprint density at radius 3 is 1.52 bits per heavy atom. The van der Waals surface area contributed by atoms with E-state index >= 15 is 0 Å². The highest BCUT2D eigenvalue weighted by atomic mass is 19.4. The summed E-state index contributed by atoms with van der Waals surface area (Å²) in [7, 11) is 0. The quantitative estimate of drug-likeness (QED) is 0.233. The second-order valence-corrected chi connectivity index (χ2v) is 9.21. The summed E-state index contributed by atoms with van der Waals surface area (Å²) in [5, 5.41) is 0. The predicted octanol–water partition coefficient (Wildman–Crippen LogP) is 7.63. The molecule has 0 amide bonds. The second kappa shape index (κ2) is 8.46. The van der Waals surface area contributed by atoms with Crippen LogP contribution in [0, 0.1) is 0 Å². The minimum Gasteiger partial charge on any atom is -0.230 e. The zero-order valence-corrected chi connectivity index (χ0v) is 17.8. The maximum Gasteiger partial charge on any atom is 0.460 e. The monoisotopic (exact) mass is 468 g/mol. The number of rotatable bonds is 7. The van der Waals surface area contributed by atoms with E-state index in [2.05, 4.69) is 0 Å². The molecule has 11 heteroatoms. The molecule has 1 atom stereocenters. The standard InChI is InChI=1S/C20H25F9O2/c1-15(2,3)13-9-7-12(8-10-13)14(30-31-16(4,5)6)11-17(21,22)18(23,24)19(25,26)20(27,28)29/h7-10,14H,11H2,1-6H3. The Labute approximate surface area is 174 Å². The van der Waals surface area contributed by atoms with Gasteiger partial charge in [0.2, 0.25) is 0 Å². The highest BCUT2D eigenvalue weighted by molar-refractivity contribution is 5.29. The summed E-state index contributed by atoms with van der Waals surface area (Å²) in [5.74, 6) is -19.5. The van der Waals surface area contributed by atoms with Crippen molar-refractivity contribution >= 4 is 0 Å². The van der Waals surface area contributed by atoms with Gasteiger partial charge in [-0.25, -0.2) is 9.78 Å². The van der Waals surface area contributed by atoms with Crippen molar-refractivity contribution in [3.8, 4) is 0 Å². The van der Waals surface area contributed by atoms with E-state index in [1.165, 1.54) is 45.0 Å². The summed E-state index contributed by atoms with van der Waals surface area (Å²) in [6, 6.07) is 5.41. The Morgan fingerprint density at radius 2 is 1.16 bits per heavy atom. The van der Waals surface area contributed by atoms with Crippen molar-refractivity contribution < 1.29 is 49.3 Å². The molecule has 0 radical (unpaired) electrons. The average Bonchev–Trinajstić information content (AvgIpc) is 2.55. The molecule has 0 aliphatic carbocycles. The van der Waals surface area contributed by atoms with Crippen LogP contribution in [0.3, 0.4) is 0 Å². The molecule has 0 aliphatic heterocycles. The molecule has 1 unspecified atom stereocenters. The van der Waals surface area contributed by atoms with Crippen LogP contribution in [0.4, 0.5) is 39.5 Å². The van der Waals surface area contributed by atoms with Crippen molar-refractivity contribution in [2.75, 3.05) is 0 Å². The van der Waals surface area contributed by atoms with Gasteiger partial charge in [-0.1, -0.05) is 45.0 Å². The van der Waals surface area contributed by atoms with Crippen LogP contribution in [0.2, 0.25) is 0 Å². The summed E-state index contributed by atoms with van der Waals surface area (Å²) < 4.78 is 119. The first kappa shape index (κ1) is 27.5. The van der Waals surface area contributed by atoms with Gasteiger partial charge in [0.25, 0.3) is 0 Å². The van der Waals surface area contributed by atoms with Crippen LogP contribution in [0.1, 0.15) is 65.2 Å². The van der Waals surface area contributed by atoms with E-state index in [-0.39, 0.29) is 11.0 Å². The maximum absolute atomic E-state index is 14.2. The highest BCUT2D eigenvalue weighted by Gasteiger charge is 2.81. The molecule has 1 aromatic rings. The molecule has 0 fully saturated rings. The molecule has 180 valence electrons. The second-order valence-electron chi connectivity index (χ2n) is 9.21. The lowest BCUT2D eigenvalue weighted by atomic mass is 9.86. The minimum absolute atomic E-state index is 0.164. The fourth-order valence-electron chi connectivity index (χ4n) is 2.38. The summed E-state index contributed by atoms with van der Waals surface area (Å²) in [5.41, 5.74) is -0.907. The van der Waals surface area contributed by atoms with Gasteiger partial charge in [-0.05, 0) is 37.3 Å². The lowest BCUT2D eigenvalue weighted by Gasteiger charge is -2.35. The van der Waals surface area contributed by atoms with Crippen LogP contribution >= 0.6 is 0 Å². The van der Waals surface area contributed by atoms with Gasteiger partial charge in [0.05, 0.1) is 12.0 Å². The van der Waals surface area contributed by atoms with Gasteiger partial charge in [0.15, 0.2) is 0 Å². The third-order valence-electron chi connectivity index (χ3n) is 4.21. The van der Waals surface area contributed by atoms with Gasteiger partial charge < -0.3 is 0 Å². The fraction of sp³-hybridized carbons (Fsp3) is 0.700. The van der Waals surface area contributed by atoms with Crippen LogP contribution in [-0.4, -0.2) is 29.5 Å². The Kier molecular flexibility index (Phi) is 7.51. The van der Waals surface area contributed by atoms with Crippen LogP contribution in [0.25, 0.3) is 0 Å². The first-order valence-electron chi connectivity index (χ1n) is 9.18. The van der Waals surface area contributed by atoms with Gasteiger partial charge in [0, 0.05) is 0 Å². The Morgan fingerprint density at radius 1 is 0.710 bits per heavy atom. The molecule has 0 aliphatic rings. The predicted molar refractivity (Wildman–Crippen MR) is 95.3 cm³/mol.